The van der Waals surface area contributed by atoms with Crippen LogP contribution >= 0.6 is 0 Å². The van der Waals surface area contributed by atoms with Crippen LogP contribution < -0.4 is 5.32 Å². The van der Waals surface area contributed by atoms with Gasteiger partial charge in [0.25, 0.3) is 0 Å². The molecule has 0 aromatic carbocycles. The largest absolute Gasteiger partial charge is 0.446 e. The second-order valence-electron chi connectivity index (χ2n) is 9.28. The van der Waals surface area contributed by atoms with Crippen molar-refractivity contribution in [3.05, 3.63) is 12.2 Å². The SMILES string of the molecule is C[C@]1(O[C@H]2O[C@H](CO)C(O)C(O)C2NC(=O)OC2CC/C=C/CCC2)OC(CO)[C@@H](O)C(O)[C@@H]1O. The van der Waals surface area contributed by atoms with Crippen LogP contribution in [0.5, 0.6) is 0 Å². The molecule has 2 fully saturated rings. The standard InChI is InChI=1S/C22H37NO12/c1-22(19(30)18(29)16(27)13(10-25)34-22)35-20-14(17(28)15(26)12(9-24)33-20)23-21(31)32-11-7-5-3-2-4-6-8-11/h2-3,11-20,24-30H,4-10H2,1H3,(H,23,31)/b3-2+/t11?,12-,13?,14?,15?,16-,17?,18?,19+,20-,22-/m1/s1. The van der Waals surface area contributed by atoms with E-state index in [2.05, 4.69) is 11.4 Å². The average molecular weight is 508 g/mol. The summed E-state index contributed by atoms with van der Waals surface area (Å²) in [5.74, 6) is -2.07. The number of carbonyl (C=O) groups is 1. The Balaban J connectivity index is 1.76. The van der Waals surface area contributed by atoms with Crippen LogP contribution in [0.25, 0.3) is 0 Å². The normalized spacial score (nSPS) is 45.7. The van der Waals surface area contributed by atoms with Crippen molar-refractivity contribution in [2.24, 2.45) is 0 Å². The molecule has 0 aromatic heterocycles. The van der Waals surface area contributed by atoms with E-state index >= 15 is 0 Å². The Labute approximate surface area is 202 Å². The number of hydrogen-bond acceptors (Lipinski definition) is 12. The number of allylic oxidation sites excluding steroid dienone is 2. The summed E-state index contributed by atoms with van der Waals surface area (Å²) in [5.41, 5.74) is 0. The highest BCUT2D eigenvalue weighted by atomic mass is 16.8. The predicted molar refractivity (Wildman–Crippen MR) is 117 cm³/mol. The van der Waals surface area contributed by atoms with Gasteiger partial charge in [0, 0.05) is 0 Å². The lowest BCUT2D eigenvalue weighted by Crippen LogP contribution is -2.70. The first-order valence-electron chi connectivity index (χ1n) is 11.9. The molecule has 1 amide bonds. The maximum atomic E-state index is 12.7. The summed E-state index contributed by atoms with van der Waals surface area (Å²) < 4.78 is 22.3. The number of aliphatic hydroxyl groups is 7. The fourth-order valence-electron chi connectivity index (χ4n) is 4.53. The highest BCUT2D eigenvalue weighted by Crippen LogP contribution is 2.35. The van der Waals surface area contributed by atoms with Crippen molar-refractivity contribution in [2.75, 3.05) is 13.2 Å². The molecule has 1 aliphatic carbocycles. The third-order valence-corrected chi connectivity index (χ3v) is 6.66. The topological polar surface area (TPSA) is 208 Å². The molecule has 0 spiro atoms. The van der Waals surface area contributed by atoms with Crippen molar-refractivity contribution in [3.63, 3.8) is 0 Å². The van der Waals surface area contributed by atoms with Gasteiger partial charge in [0.2, 0.25) is 0 Å². The van der Waals surface area contributed by atoms with Gasteiger partial charge >= 0.3 is 6.09 Å². The third-order valence-electron chi connectivity index (χ3n) is 6.66. The zero-order chi connectivity index (χ0) is 25.8. The number of amides is 1. The van der Waals surface area contributed by atoms with Crippen molar-refractivity contribution in [2.45, 2.75) is 106 Å². The highest BCUT2D eigenvalue weighted by Gasteiger charge is 2.55. The van der Waals surface area contributed by atoms with Crippen LogP contribution in [0.15, 0.2) is 12.2 Å². The van der Waals surface area contributed by atoms with E-state index in [0.29, 0.717) is 12.8 Å². The summed E-state index contributed by atoms with van der Waals surface area (Å²) in [5, 5.41) is 73.2. The number of carbonyl (C=O) groups excluding carboxylic acids is 1. The van der Waals surface area contributed by atoms with Crippen LogP contribution in [0.3, 0.4) is 0 Å². The second-order valence-corrected chi connectivity index (χ2v) is 9.28. The summed E-state index contributed by atoms with van der Waals surface area (Å²) in [6.07, 6.45) is -6.15. The van der Waals surface area contributed by atoms with E-state index in [0.717, 1.165) is 19.3 Å². The molecule has 2 saturated heterocycles. The third kappa shape index (κ3) is 6.49. The first-order valence-corrected chi connectivity index (χ1v) is 11.9. The van der Waals surface area contributed by atoms with E-state index in [1.54, 1.807) is 0 Å². The van der Waals surface area contributed by atoms with Crippen molar-refractivity contribution in [3.8, 4) is 0 Å². The number of hydrogen-bond donors (Lipinski definition) is 8. The van der Waals surface area contributed by atoms with Crippen LogP contribution in [0.1, 0.15) is 39.0 Å². The number of rotatable bonds is 6. The first kappa shape index (κ1) is 28.2. The minimum absolute atomic E-state index is 0.362. The molecule has 13 nitrogen and oxygen atoms in total. The molecular weight excluding hydrogens is 470 g/mol. The van der Waals surface area contributed by atoms with Gasteiger partial charge in [0.1, 0.15) is 54.9 Å². The molecule has 6 unspecified atom stereocenters. The molecule has 2 heterocycles. The molecule has 3 rings (SSSR count). The fourth-order valence-corrected chi connectivity index (χ4v) is 4.53. The van der Waals surface area contributed by atoms with Gasteiger partial charge in [-0.2, -0.15) is 0 Å². The van der Waals surface area contributed by atoms with Gasteiger partial charge in [0.15, 0.2) is 12.1 Å². The summed E-state index contributed by atoms with van der Waals surface area (Å²) in [4.78, 5) is 12.7. The molecule has 8 N–H and O–H groups in total. The molecule has 3 aliphatic rings. The Morgan fingerprint density at radius 3 is 2.31 bits per heavy atom. The van der Waals surface area contributed by atoms with Gasteiger partial charge in [-0.1, -0.05) is 12.2 Å². The van der Waals surface area contributed by atoms with E-state index in [1.165, 1.54) is 6.92 Å². The van der Waals surface area contributed by atoms with Gasteiger partial charge < -0.3 is 60.0 Å². The molecular formula is C22H37NO12. The smallest absolute Gasteiger partial charge is 0.407 e. The van der Waals surface area contributed by atoms with Gasteiger partial charge in [-0.15, -0.1) is 0 Å². The van der Waals surface area contributed by atoms with Crippen LogP contribution in [0, 0.1) is 0 Å². The van der Waals surface area contributed by atoms with Gasteiger partial charge in [0.05, 0.1) is 13.2 Å². The van der Waals surface area contributed by atoms with Gasteiger partial charge in [-0.25, -0.2) is 4.79 Å². The number of aliphatic hydroxyl groups excluding tert-OH is 7. The Morgan fingerprint density at radius 2 is 1.63 bits per heavy atom. The number of nitrogens with one attached hydrogen (secondary N) is 1. The molecule has 13 heteroatoms. The minimum atomic E-state index is -2.07. The lowest BCUT2D eigenvalue weighted by molar-refractivity contribution is -0.407. The summed E-state index contributed by atoms with van der Waals surface area (Å²) >= 11 is 0. The molecule has 11 atom stereocenters. The van der Waals surface area contributed by atoms with Crippen LogP contribution in [-0.2, 0) is 18.9 Å². The lowest BCUT2D eigenvalue weighted by atomic mass is 9.92. The summed E-state index contributed by atoms with van der Waals surface area (Å²) in [6, 6.07) is -1.43. The van der Waals surface area contributed by atoms with Gasteiger partial charge in [-0.05, 0) is 39.0 Å². The van der Waals surface area contributed by atoms with Crippen molar-refractivity contribution in [1.29, 1.82) is 0 Å². The maximum Gasteiger partial charge on any atom is 0.407 e. The van der Waals surface area contributed by atoms with Crippen LogP contribution in [0.4, 0.5) is 4.79 Å². The van der Waals surface area contributed by atoms with E-state index in [1.807, 2.05) is 6.08 Å². The lowest BCUT2D eigenvalue weighted by Gasteiger charge is -2.50. The van der Waals surface area contributed by atoms with Crippen LogP contribution in [-0.4, -0.2) is 122 Å². The zero-order valence-corrected chi connectivity index (χ0v) is 19.5. The Morgan fingerprint density at radius 1 is 0.971 bits per heavy atom. The van der Waals surface area contributed by atoms with Gasteiger partial charge in [-0.3, -0.25) is 0 Å². The molecule has 2 aliphatic heterocycles. The van der Waals surface area contributed by atoms with Crippen molar-refractivity contribution in [1.82, 2.24) is 5.32 Å². The molecule has 0 radical (unpaired) electrons. The Bertz CT molecular complexity index is 723. The molecule has 0 saturated carbocycles. The Hall–Kier alpha value is -1.39. The molecule has 0 bridgehead atoms. The highest BCUT2D eigenvalue weighted by molar-refractivity contribution is 5.68. The quantitative estimate of drug-likeness (QED) is 0.177. The van der Waals surface area contributed by atoms with E-state index in [9.17, 15) is 40.5 Å². The summed E-state index contributed by atoms with van der Waals surface area (Å²) in [7, 11) is 0. The zero-order valence-electron chi connectivity index (χ0n) is 19.5. The van der Waals surface area contributed by atoms with E-state index < -0.39 is 80.2 Å². The van der Waals surface area contributed by atoms with Crippen molar-refractivity contribution < 1.29 is 59.5 Å². The average Bonchev–Trinajstić information content (AvgIpc) is 2.81. The van der Waals surface area contributed by atoms with Crippen molar-refractivity contribution >= 4 is 6.09 Å². The molecule has 202 valence electrons. The number of alkyl carbamates (subject to hydrolysis) is 1. The maximum absolute atomic E-state index is 12.7. The van der Waals surface area contributed by atoms with Crippen LogP contribution in [0.2, 0.25) is 0 Å². The first-order chi connectivity index (χ1) is 16.6. The second kappa shape index (κ2) is 12.2. The fraction of sp³-hybridized carbons (Fsp3) is 0.864. The summed E-state index contributed by atoms with van der Waals surface area (Å²) in [6.45, 7) is -0.201. The Kier molecular flexibility index (Phi) is 9.85. The monoisotopic (exact) mass is 507 g/mol. The minimum Gasteiger partial charge on any atom is -0.446 e. The molecule has 35 heavy (non-hydrogen) atoms. The van der Waals surface area contributed by atoms with E-state index in [-0.39, 0.29) is 6.10 Å². The number of ether oxygens (including phenoxy) is 4. The molecule has 0 aromatic rings. The predicted octanol–water partition coefficient (Wildman–Crippen LogP) is -2.38. The van der Waals surface area contributed by atoms with E-state index in [4.69, 9.17) is 18.9 Å².